The monoisotopic (exact) mass is 271 g/mol. The van der Waals surface area contributed by atoms with Gasteiger partial charge in [0.05, 0.1) is 4.92 Å². The normalized spacial score (nSPS) is 12.2. The molecule has 0 aliphatic carbocycles. The van der Waals surface area contributed by atoms with E-state index in [1.165, 1.54) is 11.6 Å². The van der Waals surface area contributed by atoms with Crippen molar-refractivity contribution in [3.05, 3.63) is 74.8 Å². The van der Waals surface area contributed by atoms with Crippen LogP contribution in [0.2, 0.25) is 0 Å². The number of rotatable bonds is 4. The van der Waals surface area contributed by atoms with Gasteiger partial charge in [0, 0.05) is 11.6 Å². The largest absolute Gasteiger partial charge is 0.384 e. The maximum absolute atomic E-state index is 10.8. The Morgan fingerprint density at radius 1 is 1.15 bits per heavy atom. The van der Waals surface area contributed by atoms with Crippen molar-refractivity contribution in [1.29, 1.82) is 0 Å². The van der Waals surface area contributed by atoms with Crippen LogP contribution in [-0.4, -0.2) is 10.0 Å². The topological polar surface area (TPSA) is 63.4 Å². The summed E-state index contributed by atoms with van der Waals surface area (Å²) in [5, 5.41) is 21.1. The molecule has 0 unspecified atom stereocenters. The number of benzene rings is 2. The molecule has 0 aliphatic rings. The summed E-state index contributed by atoms with van der Waals surface area (Å²) in [5.41, 5.74) is 3.28. The van der Waals surface area contributed by atoms with Crippen LogP contribution in [0.1, 0.15) is 35.3 Å². The molecule has 0 bridgehead atoms. The Balaban J connectivity index is 2.30. The summed E-state index contributed by atoms with van der Waals surface area (Å²) < 4.78 is 0. The van der Waals surface area contributed by atoms with Crippen LogP contribution in [-0.2, 0) is 6.42 Å². The molecule has 2 aromatic rings. The Labute approximate surface area is 117 Å². The second kappa shape index (κ2) is 5.84. The van der Waals surface area contributed by atoms with Crippen LogP contribution in [0.3, 0.4) is 0 Å². The number of nitro groups is 1. The van der Waals surface area contributed by atoms with E-state index in [4.69, 9.17) is 0 Å². The van der Waals surface area contributed by atoms with Crippen LogP contribution >= 0.6 is 0 Å². The standard InChI is InChI=1S/C16H17NO3/c1-3-12-4-6-13(7-5-12)16(18)14-8-9-15(17(19)20)11(2)10-14/h4-10,16,18H,3H2,1-2H3/t16-/m1/s1. The van der Waals surface area contributed by atoms with Crippen LogP contribution < -0.4 is 0 Å². The fourth-order valence-corrected chi connectivity index (χ4v) is 2.18. The maximum Gasteiger partial charge on any atom is 0.272 e. The molecule has 0 radical (unpaired) electrons. The third-order valence-electron chi connectivity index (χ3n) is 3.44. The van der Waals surface area contributed by atoms with Crippen molar-refractivity contribution in [2.75, 3.05) is 0 Å². The molecule has 20 heavy (non-hydrogen) atoms. The first-order valence-electron chi connectivity index (χ1n) is 6.54. The minimum Gasteiger partial charge on any atom is -0.384 e. The SMILES string of the molecule is CCc1ccc([C@@H](O)c2ccc([N+](=O)[O-])c(C)c2)cc1. The highest BCUT2D eigenvalue weighted by Gasteiger charge is 2.15. The van der Waals surface area contributed by atoms with E-state index in [0.717, 1.165) is 12.0 Å². The number of aliphatic hydroxyl groups is 1. The highest BCUT2D eigenvalue weighted by Crippen LogP contribution is 2.26. The van der Waals surface area contributed by atoms with Gasteiger partial charge in [-0.1, -0.05) is 31.2 Å². The molecule has 0 heterocycles. The lowest BCUT2D eigenvalue weighted by atomic mass is 9.98. The van der Waals surface area contributed by atoms with Gasteiger partial charge >= 0.3 is 0 Å². The molecule has 0 spiro atoms. The number of nitro benzene ring substituents is 1. The highest BCUT2D eigenvalue weighted by atomic mass is 16.6. The Morgan fingerprint density at radius 3 is 2.25 bits per heavy atom. The quantitative estimate of drug-likeness (QED) is 0.683. The van der Waals surface area contributed by atoms with E-state index in [-0.39, 0.29) is 5.69 Å². The van der Waals surface area contributed by atoms with Crippen molar-refractivity contribution in [2.45, 2.75) is 26.4 Å². The molecule has 1 atom stereocenters. The molecule has 0 saturated heterocycles. The Bertz CT molecular complexity index is 620. The molecule has 4 heteroatoms. The van der Waals surface area contributed by atoms with Gasteiger partial charge in [-0.15, -0.1) is 0 Å². The molecular weight excluding hydrogens is 254 g/mol. The fraction of sp³-hybridized carbons (Fsp3) is 0.250. The van der Waals surface area contributed by atoms with E-state index >= 15 is 0 Å². The summed E-state index contributed by atoms with van der Waals surface area (Å²) in [5.74, 6) is 0. The zero-order valence-electron chi connectivity index (χ0n) is 11.5. The van der Waals surface area contributed by atoms with Gasteiger partial charge in [0.2, 0.25) is 0 Å². The summed E-state index contributed by atoms with van der Waals surface area (Å²) in [6.07, 6.45) is 0.188. The third-order valence-corrected chi connectivity index (χ3v) is 3.44. The van der Waals surface area contributed by atoms with Gasteiger partial charge in [0.1, 0.15) is 6.10 Å². The predicted octanol–water partition coefficient (Wildman–Crippen LogP) is 3.55. The van der Waals surface area contributed by atoms with Crippen LogP contribution in [0.25, 0.3) is 0 Å². The number of hydrogen-bond donors (Lipinski definition) is 1. The molecule has 2 rings (SSSR count). The van der Waals surface area contributed by atoms with Gasteiger partial charge in [-0.2, -0.15) is 0 Å². The Morgan fingerprint density at radius 2 is 1.75 bits per heavy atom. The first kappa shape index (κ1) is 14.2. The van der Waals surface area contributed by atoms with Crippen LogP contribution in [0.15, 0.2) is 42.5 Å². The van der Waals surface area contributed by atoms with E-state index in [1.54, 1.807) is 19.1 Å². The second-order valence-corrected chi connectivity index (χ2v) is 4.80. The van der Waals surface area contributed by atoms with E-state index in [2.05, 4.69) is 6.92 Å². The summed E-state index contributed by atoms with van der Waals surface area (Å²) in [4.78, 5) is 10.4. The lowest BCUT2D eigenvalue weighted by molar-refractivity contribution is -0.385. The number of aryl methyl sites for hydroxylation is 2. The van der Waals surface area contributed by atoms with Gasteiger partial charge in [-0.25, -0.2) is 0 Å². The van der Waals surface area contributed by atoms with Crippen molar-refractivity contribution in [2.24, 2.45) is 0 Å². The van der Waals surface area contributed by atoms with Crippen molar-refractivity contribution < 1.29 is 10.0 Å². The first-order valence-corrected chi connectivity index (χ1v) is 6.54. The van der Waals surface area contributed by atoms with E-state index < -0.39 is 11.0 Å². The molecule has 0 saturated carbocycles. The molecule has 0 aromatic heterocycles. The van der Waals surface area contributed by atoms with Crippen LogP contribution in [0.5, 0.6) is 0 Å². The smallest absolute Gasteiger partial charge is 0.272 e. The third kappa shape index (κ3) is 2.86. The Hall–Kier alpha value is -2.20. The molecule has 104 valence electrons. The van der Waals surface area contributed by atoms with Gasteiger partial charge < -0.3 is 5.11 Å². The van der Waals surface area contributed by atoms with E-state index in [0.29, 0.717) is 11.1 Å². The molecule has 0 amide bonds. The zero-order chi connectivity index (χ0) is 14.7. The highest BCUT2D eigenvalue weighted by molar-refractivity contribution is 5.44. The lowest BCUT2D eigenvalue weighted by Gasteiger charge is -2.12. The van der Waals surface area contributed by atoms with Gasteiger partial charge in [0.25, 0.3) is 5.69 Å². The fourth-order valence-electron chi connectivity index (χ4n) is 2.18. The van der Waals surface area contributed by atoms with E-state index in [9.17, 15) is 15.2 Å². The van der Waals surface area contributed by atoms with Crippen LogP contribution in [0.4, 0.5) is 5.69 Å². The van der Waals surface area contributed by atoms with Crippen LogP contribution in [0, 0.1) is 17.0 Å². The number of aliphatic hydroxyl groups excluding tert-OH is 1. The predicted molar refractivity (Wildman–Crippen MR) is 77.7 cm³/mol. The average Bonchev–Trinajstić information content (AvgIpc) is 2.46. The summed E-state index contributed by atoms with van der Waals surface area (Å²) in [7, 11) is 0. The van der Waals surface area contributed by atoms with Crippen molar-refractivity contribution >= 4 is 5.69 Å². The molecular formula is C16H17NO3. The minimum atomic E-state index is -0.764. The van der Waals surface area contributed by atoms with Crippen molar-refractivity contribution in [1.82, 2.24) is 0 Å². The lowest BCUT2D eigenvalue weighted by Crippen LogP contribution is -2.01. The van der Waals surface area contributed by atoms with Crippen molar-refractivity contribution in [3.63, 3.8) is 0 Å². The number of hydrogen-bond acceptors (Lipinski definition) is 3. The molecule has 2 aromatic carbocycles. The van der Waals surface area contributed by atoms with Gasteiger partial charge in [0.15, 0.2) is 0 Å². The van der Waals surface area contributed by atoms with E-state index in [1.807, 2.05) is 24.3 Å². The maximum atomic E-state index is 10.8. The molecule has 1 N–H and O–H groups in total. The Kier molecular flexibility index (Phi) is 4.15. The minimum absolute atomic E-state index is 0.0716. The van der Waals surface area contributed by atoms with Gasteiger partial charge in [-0.3, -0.25) is 10.1 Å². The average molecular weight is 271 g/mol. The molecule has 0 aliphatic heterocycles. The summed E-state index contributed by atoms with van der Waals surface area (Å²) in [6, 6.07) is 12.4. The second-order valence-electron chi connectivity index (χ2n) is 4.80. The van der Waals surface area contributed by atoms with Gasteiger partial charge in [-0.05, 0) is 42.2 Å². The van der Waals surface area contributed by atoms with Crippen molar-refractivity contribution in [3.8, 4) is 0 Å². The molecule has 4 nitrogen and oxygen atoms in total. The zero-order valence-corrected chi connectivity index (χ0v) is 11.5. The summed E-state index contributed by atoms with van der Waals surface area (Å²) >= 11 is 0. The summed E-state index contributed by atoms with van der Waals surface area (Å²) in [6.45, 7) is 3.75. The molecule has 0 fully saturated rings. The number of nitrogens with zero attached hydrogens (tertiary/aromatic N) is 1. The first-order chi connectivity index (χ1) is 9.52.